The van der Waals surface area contributed by atoms with Gasteiger partial charge in [-0.15, -0.1) is 0 Å². The third-order valence-electron chi connectivity index (χ3n) is 5.31. The number of H-pyrrole nitrogens is 1. The lowest BCUT2D eigenvalue weighted by Crippen LogP contribution is -2.47. The van der Waals surface area contributed by atoms with Crippen molar-refractivity contribution >= 4 is 16.7 Å². The molecule has 0 radical (unpaired) electrons. The van der Waals surface area contributed by atoms with Crippen LogP contribution in [-0.2, 0) is 6.42 Å². The summed E-state index contributed by atoms with van der Waals surface area (Å²) in [5, 5.41) is 1.26. The largest absolute Gasteiger partial charge is 0.497 e. The highest BCUT2D eigenvalue weighted by Crippen LogP contribution is 2.26. The van der Waals surface area contributed by atoms with Gasteiger partial charge in [-0.1, -0.05) is 0 Å². The molecule has 0 bridgehead atoms. The molecule has 1 N–H and O–H groups in total. The molecule has 0 atom stereocenters. The van der Waals surface area contributed by atoms with Crippen molar-refractivity contribution in [1.29, 1.82) is 0 Å². The second kappa shape index (κ2) is 7.88. The fourth-order valence-electron chi connectivity index (χ4n) is 3.73. The Morgan fingerprint density at radius 3 is 2.70 bits per heavy atom. The number of fused-ring (bicyclic) bond motifs is 1. The molecular formula is C21H26N4O2. The van der Waals surface area contributed by atoms with Crippen LogP contribution >= 0.6 is 0 Å². The number of rotatable bonds is 6. The number of nitrogens with one attached hydrogen (secondary N) is 1. The smallest absolute Gasteiger partial charge is 0.171 e. The van der Waals surface area contributed by atoms with Crippen LogP contribution in [0.2, 0.25) is 0 Å². The molecule has 0 saturated carbocycles. The van der Waals surface area contributed by atoms with E-state index in [1.54, 1.807) is 14.2 Å². The maximum absolute atomic E-state index is 5.45. The summed E-state index contributed by atoms with van der Waals surface area (Å²) in [7, 11) is 3.41. The van der Waals surface area contributed by atoms with Gasteiger partial charge >= 0.3 is 0 Å². The van der Waals surface area contributed by atoms with E-state index in [0.717, 1.165) is 62.0 Å². The molecule has 0 amide bonds. The van der Waals surface area contributed by atoms with E-state index >= 15 is 0 Å². The Balaban J connectivity index is 1.36. The van der Waals surface area contributed by atoms with Crippen molar-refractivity contribution in [2.75, 3.05) is 51.8 Å². The zero-order valence-corrected chi connectivity index (χ0v) is 15.9. The number of pyridine rings is 1. The van der Waals surface area contributed by atoms with E-state index in [-0.39, 0.29) is 0 Å². The van der Waals surface area contributed by atoms with Crippen LogP contribution in [0.15, 0.2) is 42.7 Å². The van der Waals surface area contributed by atoms with Crippen LogP contribution in [0, 0.1) is 0 Å². The molecule has 27 heavy (non-hydrogen) atoms. The van der Waals surface area contributed by atoms with Gasteiger partial charge in [-0.25, -0.2) is 4.98 Å². The second-order valence-electron chi connectivity index (χ2n) is 6.83. The molecule has 0 unspecified atom stereocenters. The van der Waals surface area contributed by atoms with Crippen molar-refractivity contribution in [3.63, 3.8) is 0 Å². The lowest BCUT2D eigenvalue weighted by molar-refractivity contribution is 0.259. The van der Waals surface area contributed by atoms with Crippen LogP contribution in [0.4, 0.5) is 5.82 Å². The van der Waals surface area contributed by atoms with E-state index in [0.29, 0.717) is 0 Å². The first-order valence-corrected chi connectivity index (χ1v) is 9.39. The number of hydrogen-bond acceptors (Lipinski definition) is 5. The van der Waals surface area contributed by atoms with E-state index < -0.39 is 0 Å². The monoisotopic (exact) mass is 366 g/mol. The van der Waals surface area contributed by atoms with Crippen LogP contribution in [0.3, 0.4) is 0 Å². The SMILES string of the molecule is COc1ccc2[nH]cc(CCN3CCN(c4ncccc4OC)CC3)c2c1. The lowest BCUT2D eigenvalue weighted by atomic mass is 10.1. The Bertz CT molecular complexity index is 900. The number of piperazine rings is 1. The van der Waals surface area contributed by atoms with Gasteiger partial charge in [-0.05, 0) is 42.3 Å². The van der Waals surface area contributed by atoms with Crippen LogP contribution in [0.1, 0.15) is 5.56 Å². The summed E-state index contributed by atoms with van der Waals surface area (Å²) in [6.45, 7) is 5.05. The number of nitrogens with zero attached hydrogens (tertiary/aromatic N) is 3. The van der Waals surface area contributed by atoms with Gasteiger partial charge in [0.15, 0.2) is 11.6 Å². The standard InChI is InChI=1S/C21H26N4O2/c1-26-17-5-6-19-18(14-17)16(15-23-19)7-9-24-10-12-25(13-11-24)21-20(27-2)4-3-8-22-21/h3-6,8,14-15,23H,7,9-13H2,1-2H3. The van der Waals surface area contributed by atoms with Crippen molar-refractivity contribution in [3.8, 4) is 11.5 Å². The minimum absolute atomic E-state index is 0.846. The van der Waals surface area contributed by atoms with E-state index in [2.05, 4.69) is 38.1 Å². The highest BCUT2D eigenvalue weighted by atomic mass is 16.5. The summed E-state index contributed by atoms with van der Waals surface area (Å²) < 4.78 is 10.8. The maximum Gasteiger partial charge on any atom is 0.171 e. The van der Waals surface area contributed by atoms with Crippen LogP contribution in [0.5, 0.6) is 11.5 Å². The number of ether oxygens (including phenoxy) is 2. The van der Waals surface area contributed by atoms with Crippen LogP contribution in [-0.4, -0.2) is 61.8 Å². The Kier molecular flexibility index (Phi) is 5.16. The third-order valence-corrected chi connectivity index (χ3v) is 5.31. The summed E-state index contributed by atoms with van der Waals surface area (Å²) in [5.41, 5.74) is 2.51. The quantitative estimate of drug-likeness (QED) is 0.727. The molecule has 1 aliphatic rings. The molecule has 6 heteroatoms. The van der Waals surface area contributed by atoms with Gasteiger partial charge in [0.05, 0.1) is 14.2 Å². The van der Waals surface area contributed by atoms with Gasteiger partial charge in [0.2, 0.25) is 0 Å². The molecule has 1 aliphatic heterocycles. The van der Waals surface area contributed by atoms with Gasteiger partial charge in [0.1, 0.15) is 5.75 Å². The number of anilines is 1. The van der Waals surface area contributed by atoms with Crippen molar-refractivity contribution in [2.24, 2.45) is 0 Å². The predicted molar refractivity (Wildman–Crippen MR) is 108 cm³/mol. The van der Waals surface area contributed by atoms with E-state index in [4.69, 9.17) is 9.47 Å². The number of aromatic amines is 1. The number of methoxy groups -OCH3 is 2. The minimum atomic E-state index is 0.846. The van der Waals surface area contributed by atoms with E-state index in [9.17, 15) is 0 Å². The highest BCUT2D eigenvalue weighted by molar-refractivity contribution is 5.84. The number of hydrogen-bond donors (Lipinski definition) is 1. The van der Waals surface area contributed by atoms with Crippen molar-refractivity contribution in [2.45, 2.75) is 6.42 Å². The molecular weight excluding hydrogens is 340 g/mol. The average Bonchev–Trinajstić information content (AvgIpc) is 3.14. The van der Waals surface area contributed by atoms with E-state index in [1.165, 1.54) is 10.9 Å². The Hall–Kier alpha value is -2.73. The van der Waals surface area contributed by atoms with Gasteiger partial charge in [0, 0.05) is 56.0 Å². The lowest BCUT2D eigenvalue weighted by Gasteiger charge is -2.35. The van der Waals surface area contributed by atoms with Gasteiger partial charge in [-0.3, -0.25) is 4.90 Å². The Labute approximate surface area is 159 Å². The predicted octanol–water partition coefficient (Wildman–Crippen LogP) is 2.94. The highest BCUT2D eigenvalue weighted by Gasteiger charge is 2.20. The zero-order valence-electron chi connectivity index (χ0n) is 15.9. The van der Waals surface area contributed by atoms with Crippen molar-refractivity contribution < 1.29 is 9.47 Å². The molecule has 142 valence electrons. The number of aromatic nitrogens is 2. The molecule has 1 fully saturated rings. The topological polar surface area (TPSA) is 53.6 Å². The molecule has 0 aliphatic carbocycles. The van der Waals surface area contributed by atoms with Gasteiger partial charge in [-0.2, -0.15) is 0 Å². The molecule has 1 aromatic carbocycles. The minimum Gasteiger partial charge on any atom is -0.497 e. The van der Waals surface area contributed by atoms with Crippen LogP contribution in [0.25, 0.3) is 10.9 Å². The molecule has 1 saturated heterocycles. The Morgan fingerprint density at radius 1 is 1.07 bits per heavy atom. The first-order valence-electron chi connectivity index (χ1n) is 9.39. The number of benzene rings is 1. The van der Waals surface area contributed by atoms with Gasteiger partial charge < -0.3 is 19.4 Å². The molecule has 6 nitrogen and oxygen atoms in total. The molecule has 3 heterocycles. The van der Waals surface area contributed by atoms with Crippen molar-refractivity contribution in [1.82, 2.24) is 14.9 Å². The fraction of sp³-hybridized carbons (Fsp3) is 0.381. The summed E-state index contributed by atoms with van der Waals surface area (Å²) in [6, 6.07) is 10.1. The van der Waals surface area contributed by atoms with Crippen molar-refractivity contribution in [3.05, 3.63) is 48.3 Å². The summed E-state index contributed by atoms with van der Waals surface area (Å²) in [4.78, 5) is 12.7. The van der Waals surface area contributed by atoms with Gasteiger partial charge in [0.25, 0.3) is 0 Å². The zero-order chi connectivity index (χ0) is 18.6. The maximum atomic E-state index is 5.45. The second-order valence-corrected chi connectivity index (χ2v) is 6.83. The summed E-state index contributed by atoms with van der Waals surface area (Å²) >= 11 is 0. The average molecular weight is 366 g/mol. The van der Waals surface area contributed by atoms with E-state index in [1.807, 2.05) is 24.4 Å². The van der Waals surface area contributed by atoms with Crippen LogP contribution < -0.4 is 14.4 Å². The molecule has 2 aromatic heterocycles. The normalized spacial score (nSPS) is 15.3. The molecule has 3 aromatic rings. The third kappa shape index (κ3) is 3.71. The molecule has 4 rings (SSSR count). The Morgan fingerprint density at radius 2 is 1.93 bits per heavy atom. The summed E-state index contributed by atoms with van der Waals surface area (Å²) in [5.74, 6) is 2.70. The summed E-state index contributed by atoms with van der Waals surface area (Å²) in [6.07, 6.45) is 4.98. The fourth-order valence-corrected chi connectivity index (χ4v) is 3.73. The first-order chi connectivity index (χ1) is 13.3. The molecule has 0 spiro atoms. The first kappa shape index (κ1) is 17.7.